The van der Waals surface area contributed by atoms with Crippen molar-refractivity contribution in [2.24, 2.45) is 0 Å². The Morgan fingerprint density at radius 1 is 1.04 bits per heavy atom. The van der Waals surface area contributed by atoms with Crippen molar-refractivity contribution in [3.63, 3.8) is 0 Å². The Bertz CT molecular complexity index is 846. The number of hydrogen-bond donors (Lipinski definition) is 1. The first-order chi connectivity index (χ1) is 13.6. The summed E-state index contributed by atoms with van der Waals surface area (Å²) in [6.45, 7) is 1.71. The average molecular weight is 384 g/mol. The molecule has 1 aliphatic heterocycles. The van der Waals surface area contributed by atoms with E-state index in [4.69, 9.17) is 9.47 Å². The van der Waals surface area contributed by atoms with Gasteiger partial charge in [-0.2, -0.15) is 0 Å². The van der Waals surface area contributed by atoms with Crippen molar-refractivity contribution in [2.45, 2.75) is 12.8 Å². The van der Waals surface area contributed by atoms with Crippen LogP contribution in [0.2, 0.25) is 0 Å². The lowest BCUT2D eigenvalue weighted by molar-refractivity contribution is -0.142. The fourth-order valence-corrected chi connectivity index (χ4v) is 3.13. The molecule has 0 radical (unpaired) electrons. The van der Waals surface area contributed by atoms with Gasteiger partial charge in [0.05, 0.1) is 25.6 Å². The molecule has 0 spiro atoms. The van der Waals surface area contributed by atoms with Crippen molar-refractivity contribution in [1.82, 2.24) is 0 Å². The first-order valence-corrected chi connectivity index (χ1v) is 9.15. The van der Waals surface area contributed by atoms with Gasteiger partial charge in [-0.3, -0.25) is 4.79 Å². The third kappa shape index (κ3) is 4.54. The van der Waals surface area contributed by atoms with Gasteiger partial charge in [-0.25, -0.2) is 4.79 Å². The Balaban J connectivity index is 1.78. The van der Waals surface area contributed by atoms with E-state index in [1.165, 1.54) is 14.2 Å². The van der Waals surface area contributed by atoms with Crippen LogP contribution in [0.5, 0.6) is 11.5 Å². The van der Waals surface area contributed by atoms with Crippen LogP contribution in [0.1, 0.15) is 23.2 Å². The second-order valence-corrected chi connectivity index (χ2v) is 6.40. The van der Waals surface area contributed by atoms with Crippen LogP contribution in [-0.4, -0.2) is 45.8 Å². The van der Waals surface area contributed by atoms with Crippen LogP contribution in [0.3, 0.4) is 0 Å². The van der Waals surface area contributed by atoms with Crippen molar-refractivity contribution in [3.05, 3.63) is 48.0 Å². The molecule has 28 heavy (non-hydrogen) atoms. The Labute approximate surface area is 164 Å². The van der Waals surface area contributed by atoms with E-state index in [2.05, 4.69) is 15.0 Å². The maximum atomic E-state index is 12.8. The van der Waals surface area contributed by atoms with Crippen molar-refractivity contribution in [2.75, 3.05) is 44.1 Å². The molecule has 2 aromatic carbocycles. The van der Waals surface area contributed by atoms with E-state index in [9.17, 15) is 9.59 Å². The number of methoxy groups -OCH3 is 2. The molecule has 2 aromatic rings. The van der Waals surface area contributed by atoms with E-state index in [1.54, 1.807) is 18.2 Å². The van der Waals surface area contributed by atoms with Gasteiger partial charge in [0, 0.05) is 18.7 Å². The Morgan fingerprint density at radius 2 is 1.79 bits per heavy atom. The monoisotopic (exact) mass is 384 g/mol. The van der Waals surface area contributed by atoms with Gasteiger partial charge in [-0.15, -0.1) is 0 Å². The number of esters is 1. The topological polar surface area (TPSA) is 77.1 Å². The van der Waals surface area contributed by atoms with E-state index in [1.807, 2.05) is 24.3 Å². The van der Waals surface area contributed by atoms with Crippen LogP contribution in [0, 0.1) is 0 Å². The molecule has 7 heteroatoms. The minimum atomic E-state index is -0.517. The van der Waals surface area contributed by atoms with Crippen molar-refractivity contribution in [1.29, 1.82) is 0 Å². The molecule has 1 amide bonds. The summed E-state index contributed by atoms with van der Waals surface area (Å²) < 4.78 is 15.2. The number of anilines is 2. The van der Waals surface area contributed by atoms with Crippen LogP contribution >= 0.6 is 0 Å². The lowest BCUT2D eigenvalue weighted by atomic mass is 10.1. The minimum absolute atomic E-state index is 0.266. The molecule has 7 nitrogen and oxygen atoms in total. The van der Waals surface area contributed by atoms with E-state index in [0.29, 0.717) is 17.1 Å². The summed E-state index contributed by atoms with van der Waals surface area (Å²) in [5.74, 6) is -0.0556. The standard InChI is InChI=1S/C21H24N2O5/c1-26-18-10-9-15(13-19(18)28-14-20(24)27-2)21(25)22-16-7-3-4-8-17(16)23-11-5-6-12-23/h3-4,7-10,13H,5-6,11-12,14H2,1-2H3,(H,22,25). The predicted octanol–water partition coefficient (Wildman–Crippen LogP) is 3.10. The summed E-state index contributed by atoms with van der Waals surface area (Å²) in [6, 6.07) is 12.6. The number of hydrogen-bond acceptors (Lipinski definition) is 6. The number of carbonyl (C=O) groups is 2. The lowest BCUT2D eigenvalue weighted by Crippen LogP contribution is -2.21. The SMILES string of the molecule is COC(=O)COc1cc(C(=O)Nc2ccccc2N2CCCC2)ccc1OC. The molecule has 0 aromatic heterocycles. The Hall–Kier alpha value is -3.22. The fourth-order valence-electron chi connectivity index (χ4n) is 3.13. The molecule has 0 atom stereocenters. The van der Waals surface area contributed by atoms with Crippen molar-refractivity contribution in [3.8, 4) is 11.5 Å². The molecule has 0 saturated carbocycles. The van der Waals surface area contributed by atoms with Crippen molar-refractivity contribution < 1.29 is 23.8 Å². The number of nitrogens with one attached hydrogen (secondary N) is 1. The Morgan fingerprint density at radius 3 is 2.50 bits per heavy atom. The van der Waals surface area contributed by atoms with Gasteiger partial charge in [-0.1, -0.05) is 12.1 Å². The predicted molar refractivity (Wildman–Crippen MR) is 106 cm³/mol. The van der Waals surface area contributed by atoms with Crippen LogP contribution in [-0.2, 0) is 9.53 Å². The molecule has 1 N–H and O–H groups in total. The molecule has 148 valence electrons. The zero-order chi connectivity index (χ0) is 19.9. The smallest absolute Gasteiger partial charge is 0.343 e. The van der Waals surface area contributed by atoms with Gasteiger partial charge in [0.15, 0.2) is 18.1 Å². The summed E-state index contributed by atoms with van der Waals surface area (Å²) in [5.41, 5.74) is 2.18. The molecule has 3 rings (SSSR count). The second kappa shape index (κ2) is 9.12. The molecular formula is C21H24N2O5. The van der Waals surface area contributed by atoms with Gasteiger partial charge in [-0.05, 0) is 43.2 Å². The third-order valence-electron chi connectivity index (χ3n) is 4.60. The van der Waals surface area contributed by atoms with E-state index in [0.717, 1.165) is 37.3 Å². The van der Waals surface area contributed by atoms with E-state index in [-0.39, 0.29) is 12.5 Å². The van der Waals surface area contributed by atoms with Gasteiger partial charge in [0.25, 0.3) is 5.91 Å². The maximum absolute atomic E-state index is 12.8. The number of rotatable bonds is 7. The highest BCUT2D eigenvalue weighted by Gasteiger charge is 2.18. The van der Waals surface area contributed by atoms with Gasteiger partial charge in [0.2, 0.25) is 0 Å². The van der Waals surface area contributed by atoms with Crippen LogP contribution in [0.4, 0.5) is 11.4 Å². The summed E-state index contributed by atoms with van der Waals surface area (Å²) in [4.78, 5) is 26.4. The minimum Gasteiger partial charge on any atom is -0.493 e. The number of benzene rings is 2. The highest BCUT2D eigenvalue weighted by atomic mass is 16.6. The third-order valence-corrected chi connectivity index (χ3v) is 4.60. The quantitative estimate of drug-likeness (QED) is 0.739. The Kier molecular flexibility index (Phi) is 6.37. The van der Waals surface area contributed by atoms with E-state index < -0.39 is 5.97 Å². The number of amides is 1. The number of ether oxygens (including phenoxy) is 3. The summed E-state index contributed by atoms with van der Waals surface area (Å²) in [7, 11) is 2.77. The number of carbonyl (C=O) groups excluding carboxylic acids is 2. The number of para-hydroxylation sites is 2. The normalized spacial score (nSPS) is 13.1. The lowest BCUT2D eigenvalue weighted by Gasteiger charge is -2.21. The molecule has 0 aliphatic carbocycles. The molecular weight excluding hydrogens is 360 g/mol. The van der Waals surface area contributed by atoms with Crippen LogP contribution in [0.25, 0.3) is 0 Å². The molecule has 1 fully saturated rings. The molecule has 1 saturated heterocycles. The van der Waals surface area contributed by atoms with E-state index >= 15 is 0 Å². The van der Waals surface area contributed by atoms with Gasteiger partial charge < -0.3 is 24.4 Å². The fraction of sp³-hybridized carbons (Fsp3) is 0.333. The average Bonchev–Trinajstić information content (AvgIpc) is 3.26. The van der Waals surface area contributed by atoms with Crippen LogP contribution in [0.15, 0.2) is 42.5 Å². The zero-order valence-corrected chi connectivity index (χ0v) is 16.1. The van der Waals surface area contributed by atoms with Crippen LogP contribution < -0.4 is 19.7 Å². The highest BCUT2D eigenvalue weighted by Crippen LogP contribution is 2.31. The van der Waals surface area contributed by atoms with Crippen molar-refractivity contribution >= 4 is 23.3 Å². The zero-order valence-electron chi connectivity index (χ0n) is 16.1. The first-order valence-electron chi connectivity index (χ1n) is 9.15. The number of nitrogens with zero attached hydrogens (tertiary/aromatic N) is 1. The maximum Gasteiger partial charge on any atom is 0.343 e. The summed E-state index contributed by atoms with van der Waals surface area (Å²) in [5, 5.41) is 2.98. The molecule has 0 unspecified atom stereocenters. The van der Waals surface area contributed by atoms with Gasteiger partial charge in [0.1, 0.15) is 0 Å². The second-order valence-electron chi connectivity index (χ2n) is 6.40. The van der Waals surface area contributed by atoms with Gasteiger partial charge >= 0.3 is 5.97 Å². The first kappa shape index (κ1) is 19.5. The molecule has 0 bridgehead atoms. The highest BCUT2D eigenvalue weighted by molar-refractivity contribution is 6.06. The molecule has 1 aliphatic rings. The summed E-state index contributed by atoms with van der Waals surface area (Å²) >= 11 is 0. The molecule has 1 heterocycles. The summed E-state index contributed by atoms with van der Waals surface area (Å²) in [6.07, 6.45) is 2.31. The largest absolute Gasteiger partial charge is 0.493 e.